The smallest absolute Gasteiger partial charge is 0.193 e. The van der Waals surface area contributed by atoms with Crippen LogP contribution in [0.15, 0.2) is 41.7 Å². The molecule has 1 saturated heterocycles. The van der Waals surface area contributed by atoms with E-state index in [1.165, 1.54) is 36.1 Å². The number of aliphatic imine (C=N–C) groups is 1. The van der Waals surface area contributed by atoms with Crippen LogP contribution in [0.1, 0.15) is 42.4 Å². The largest absolute Gasteiger partial charge is 0.357 e. The molecule has 0 saturated carbocycles. The Morgan fingerprint density at radius 2 is 2.07 bits per heavy atom. The van der Waals surface area contributed by atoms with Gasteiger partial charge in [0, 0.05) is 65.0 Å². The molecule has 1 atom stereocenters. The van der Waals surface area contributed by atoms with Crippen LogP contribution in [0, 0.1) is 0 Å². The van der Waals surface area contributed by atoms with E-state index in [1.807, 2.05) is 17.9 Å². The van der Waals surface area contributed by atoms with Gasteiger partial charge in [-0.1, -0.05) is 24.3 Å². The monoisotopic (exact) mass is 522 g/mol. The fraction of sp³-hybridized carbons (Fsp3) is 0.565. The van der Waals surface area contributed by atoms with E-state index in [1.54, 1.807) is 0 Å². The minimum Gasteiger partial charge on any atom is -0.357 e. The van der Waals surface area contributed by atoms with Gasteiger partial charge in [0.2, 0.25) is 0 Å². The van der Waals surface area contributed by atoms with Crippen molar-refractivity contribution in [3.8, 4) is 0 Å². The molecule has 1 aromatic heterocycles. The standard InChI is InChI=1S/C23H34N6.HI/c1-3-24-23(29-14-10-21(18-29)22-15-26-27(2)16-22)25-11-6-12-28-13-9-19-7-4-5-8-20(19)17-28;/h4-5,7-8,15-16,21H,3,6,9-14,17-18H2,1-2H3,(H,24,25);1H. The van der Waals surface area contributed by atoms with Crippen LogP contribution in [0.25, 0.3) is 0 Å². The lowest BCUT2D eigenvalue weighted by atomic mass is 10.00. The number of aryl methyl sites for hydroxylation is 1. The van der Waals surface area contributed by atoms with Gasteiger partial charge in [-0.3, -0.25) is 14.6 Å². The summed E-state index contributed by atoms with van der Waals surface area (Å²) < 4.78 is 1.90. The summed E-state index contributed by atoms with van der Waals surface area (Å²) in [4.78, 5) is 9.92. The van der Waals surface area contributed by atoms with Crippen molar-refractivity contribution in [3.63, 3.8) is 0 Å². The van der Waals surface area contributed by atoms with Gasteiger partial charge in [0.25, 0.3) is 0 Å². The zero-order chi connectivity index (χ0) is 20.1. The quantitative estimate of drug-likeness (QED) is 0.274. The second-order valence-corrected chi connectivity index (χ2v) is 8.26. The highest BCUT2D eigenvalue weighted by Crippen LogP contribution is 2.26. The van der Waals surface area contributed by atoms with Crippen LogP contribution in [0.2, 0.25) is 0 Å². The molecule has 0 radical (unpaired) electrons. The Kier molecular flexibility index (Phi) is 8.56. The predicted molar refractivity (Wildman–Crippen MR) is 134 cm³/mol. The van der Waals surface area contributed by atoms with E-state index in [2.05, 4.69) is 57.6 Å². The number of guanidine groups is 1. The molecule has 0 spiro atoms. The topological polar surface area (TPSA) is 48.7 Å². The molecule has 7 heteroatoms. The Morgan fingerprint density at radius 3 is 2.83 bits per heavy atom. The van der Waals surface area contributed by atoms with Gasteiger partial charge >= 0.3 is 0 Å². The number of likely N-dealkylation sites (tertiary alicyclic amines) is 1. The molecule has 2 aliphatic heterocycles. The maximum absolute atomic E-state index is 4.94. The fourth-order valence-corrected chi connectivity index (χ4v) is 4.53. The van der Waals surface area contributed by atoms with Crippen molar-refractivity contribution in [1.82, 2.24) is 24.9 Å². The molecule has 1 aromatic carbocycles. The third-order valence-electron chi connectivity index (χ3n) is 6.12. The molecule has 0 amide bonds. The highest BCUT2D eigenvalue weighted by Gasteiger charge is 2.26. The average molecular weight is 522 g/mol. The zero-order valence-electron chi connectivity index (χ0n) is 18.3. The Labute approximate surface area is 197 Å². The highest BCUT2D eigenvalue weighted by atomic mass is 127. The first-order valence-corrected chi connectivity index (χ1v) is 11.0. The molecule has 4 rings (SSSR count). The van der Waals surface area contributed by atoms with Crippen LogP contribution in [0.4, 0.5) is 0 Å². The van der Waals surface area contributed by atoms with Crippen molar-refractivity contribution in [2.45, 2.75) is 38.6 Å². The second-order valence-electron chi connectivity index (χ2n) is 8.26. The normalized spacial score (nSPS) is 19.5. The predicted octanol–water partition coefficient (Wildman–Crippen LogP) is 3.24. The van der Waals surface area contributed by atoms with Crippen LogP contribution in [-0.2, 0) is 20.0 Å². The van der Waals surface area contributed by atoms with Gasteiger partial charge in [0.1, 0.15) is 0 Å². The molecule has 0 aliphatic carbocycles. The van der Waals surface area contributed by atoms with E-state index in [0.717, 1.165) is 51.6 Å². The molecule has 164 valence electrons. The molecule has 1 fully saturated rings. The lowest BCUT2D eigenvalue weighted by Gasteiger charge is -2.28. The number of rotatable bonds is 6. The van der Waals surface area contributed by atoms with E-state index < -0.39 is 0 Å². The van der Waals surface area contributed by atoms with Crippen molar-refractivity contribution >= 4 is 29.9 Å². The summed E-state index contributed by atoms with van der Waals surface area (Å²) >= 11 is 0. The molecule has 2 aliphatic rings. The summed E-state index contributed by atoms with van der Waals surface area (Å²) in [7, 11) is 1.99. The van der Waals surface area contributed by atoms with Crippen molar-refractivity contribution in [3.05, 3.63) is 53.3 Å². The molecule has 3 heterocycles. The number of aromatic nitrogens is 2. The summed E-state index contributed by atoms with van der Waals surface area (Å²) in [5, 5.41) is 7.83. The van der Waals surface area contributed by atoms with E-state index in [0.29, 0.717) is 5.92 Å². The SMILES string of the molecule is CCNC(=NCCCN1CCc2ccccc2C1)N1CCC(c2cnn(C)c2)C1.I. The Bertz CT molecular complexity index is 833. The zero-order valence-corrected chi connectivity index (χ0v) is 20.6. The number of nitrogens with zero attached hydrogens (tertiary/aromatic N) is 5. The first-order valence-electron chi connectivity index (χ1n) is 11.0. The lowest BCUT2D eigenvalue weighted by Crippen LogP contribution is -2.40. The first-order chi connectivity index (χ1) is 14.2. The highest BCUT2D eigenvalue weighted by molar-refractivity contribution is 14.0. The van der Waals surface area contributed by atoms with Gasteiger partial charge in [0.15, 0.2) is 5.96 Å². The van der Waals surface area contributed by atoms with Crippen molar-refractivity contribution in [2.24, 2.45) is 12.0 Å². The Morgan fingerprint density at radius 1 is 1.23 bits per heavy atom. The summed E-state index contributed by atoms with van der Waals surface area (Å²) in [6.45, 7) is 9.41. The number of halogens is 1. The van der Waals surface area contributed by atoms with Gasteiger partial charge in [-0.25, -0.2) is 0 Å². The average Bonchev–Trinajstić information content (AvgIpc) is 3.39. The van der Waals surface area contributed by atoms with Gasteiger partial charge in [-0.2, -0.15) is 5.10 Å². The summed E-state index contributed by atoms with van der Waals surface area (Å²) in [6, 6.07) is 8.86. The summed E-state index contributed by atoms with van der Waals surface area (Å²) in [6.07, 6.45) is 7.61. The van der Waals surface area contributed by atoms with Crippen molar-refractivity contribution in [2.75, 3.05) is 39.3 Å². The molecule has 2 aromatic rings. The van der Waals surface area contributed by atoms with E-state index >= 15 is 0 Å². The van der Waals surface area contributed by atoms with Gasteiger partial charge in [-0.15, -0.1) is 24.0 Å². The second kappa shape index (κ2) is 11.1. The molecule has 30 heavy (non-hydrogen) atoms. The van der Waals surface area contributed by atoms with Crippen LogP contribution >= 0.6 is 24.0 Å². The maximum Gasteiger partial charge on any atom is 0.193 e. The fourth-order valence-electron chi connectivity index (χ4n) is 4.53. The van der Waals surface area contributed by atoms with Crippen LogP contribution in [0.5, 0.6) is 0 Å². The number of benzene rings is 1. The van der Waals surface area contributed by atoms with Gasteiger partial charge < -0.3 is 10.2 Å². The molecule has 0 bridgehead atoms. The van der Waals surface area contributed by atoms with E-state index in [4.69, 9.17) is 4.99 Å². The van der Waals surface area contributed by atoms with E-state index in [-0.39, 0.29) is 24.0 Å². The van der Waals surface area contributed by atoms with Crippen LogP contribution in [-0.4, -0.2) is 64.8 Å². The van der Waals surface area contributed by atoms with Gasteiger partial charge in [0.05, 0.1) is 6.20 Å². The molecule has 6 nitrogen and oxygen atoms in total. The Balaban J connectivity index is 0.00000256. The van der Waals surface area contributed by atoms with Crippen molar-refractivity contribution in [1.29, 1.82) is 0 Å². The van der Waals surface area contributed by atoms with Crippen LogP contribution < -0.4 is 5.32 Å². The number of nitrogens with one attached hydrogen (secondary N) is 1. The molecule has 1 unspecified atom stereocenters. The number of fused-ring (bicyclic) bond motifs is 1. The maximum atomic E-state index is 4.94. The third-order valence-corrected chi connectivity index (χ3v) is 6.12. The number of hydrogen-bond donors (Lipinski definition) is 1. The van der Waals surface area contributed by atoms with Crippen LogP contribution in [0.3, 0.4) is 0 Å². The lowest BCUT2D eigenvalue weighted by molar-refractivity contribution is 0.252. The minimum absolute atomic E-state index is 0. The molecular weight excluding hydrogens is 487 g/mol. The van der Waals surface area contributed by atoms with Crippen molar-refractivity contribution < 1.29 is 0 Å². The van der Waals surface area contributed by atoms with Gasteiger partial charge in [-0.05, 0) is 42.9 Å². The third kappa shape index (κ3) is 5.75. The first kappa shape index (κ1) is 23.1. The molecule has 1 N–H and O–H groups in total. The minimum atomic E-state index is 0. The van der Waals surface area contributed by atoms with E-state index in [9.17, 15) is 0 Å². The number of hydrogen-bond acceptors (Lipinski definition) is 3. The summed E-state index contributed by atoms with van der Waals surface area (Å²) in [5.41, 5.74) is 4.36. The summed E-state index contributed by atoms with van der Waals surface area (Å²) in [5.74, 6) is 1.63. The Hall–Kier alpha value is -1.61. The molecular formula is C23H35IN6.